The molecule has 0 radical (unpaired) electrons. The molecule has 1 aliphatic carbocycles. The number of amides is 1. The fraction of sp³-hybridized carbons (Fsp3) is 0.938. The van der Waals surface area contributed by atoms with Crippen LogP contribution in [-0.4, -0.2) is 55.5 Å². The summed E-state index contributed by atoms with van der Waals surface area (Å²) in [6, 6.07) is 0.636. The number of hydrogen-bond acceptors (Lipinski definition) is 4. The number of ether oxygens (including phenoxy) is 2. The average molecular weight is 296 g/mol. The molecule has 21 heavy (non-hydrogen) atoms. The molecule has 0 unspecified atom stereocenters. The minimum atomic E-state index is -0.378. The van der Waals surface area contributed by atoms with Crippen molar-refractivity contribution in [3.05, 3.63) is 0 Å². The Morgan fingerprint density at radius 3 is 2.43 bits per heavy atom. The maximum Gasteiger partial charge on any atom is 0.223 e. The number of nitrogens with zero attached hydrogens (tertiary/aromatic N) is 1. The molecule has 1 saturated carbocycles. The molecule has 2 aliphatic heterocycles. The van der Waals surface area contributed by atoms with Crippen LogP contribution in [0.4, 0.5) is 0 Å². The van der Waals surface area contributed by atoms with E-state index in [1.54, 1.807) is 0 Å². The topological polar surface area (TPSA) is 50.8 Å². The fourth-order valence-corrected chi connectivity index (χ4v) is 3.73. The van der Waals surface area contributed by atoms with Gasteiger partial charge in [0.1, 0.15) is 0 Å². The van der Waals surface area contributed by atoms with Gasteiger partial charge < -0.3 is 19.7 Å². The summed E-state index contributed by atoms with van der Waals surface area (Å²) < 4.78 is 11.4. The first-order valence-corrected chi connectivity index (χ1v) is 8.57. The molecular weight excluding hydrogens is 268 g/mol. The molecule has 2 heterocycles. The van der Waals surface area contributed by atoms with E-state index in [9.17, 15) is 4.79 Å². The van der Waals surface area contributed by atoms with E-state index in [4.69, 9.17) is 9.47 Å². The molecule has 5 nitrogen and oxygen atoms in total. The van der Waals surface area contributed by atoms with E-state index < -0.39 is 0 Å². The van der Waals surface area contributed by atoms with Gasteiger partial charge in [0.15, 0.2) is 5.79 Å². The Labute approximate surface area is 127 Å². The predicted octanol–water partition coefficient (Wildman–Crippen LogP) is 1.66. The molecule has 0 atom stereocenters. The van der Waals surface area contributed by atoms with E-state index >= 15 is 0 Å². The molecule has 3 aliphatic rings. The first-order valence-electron chi connectivity index (χ1n) is 8.57. The summed E-state index contributed by atoms with van der Waals surface area (Å²) in [6.07, 6.45) is 8.83. The number of hydrogen-bond donors (Lipinski definition) is 1. The highest BCUT2D eigenvalue weighted by Crippen LogP contribution is 2.31. The highest BCUT2D eigenvalue weighted by molar-refractivity contribution is 5.76. The van der Waals surface area contributed by atoms with Crippen molar-refractivity contribution in [1.82, 2.24) is 10.2 Å². The molecule has 0 bridgehead atoms. The van der Waals surface area contributed by atoms with E-state index in [2.05, 4.69) is 5.32 Å². The zero-order chi connectivity index (χ0) is 14.5. The van der Waals surface area contributed by atoms with Crippen LogP contribution in [0, 0.1) is 0 Å². The maximum absolute atomic E-state index is 12.2. The van der Waals surface area contributed by atoms with E-state index in [-0.39, 0.29) is 11.7 Å². The lowest BCUT2D eigenvalue weighted by Gasteiger charge is -2.37. The summed E-state index contributed by atoms with van der Waals surface area (Å²) in [4.78, 5) is 14.2. The smallest absolute Gasteiger partial charge is 0.223 e. The second-order valence-electron chi connectivity index (χ2n) is 6.53. The molecular formula is C16H28N2O3. The lowest BCUT2D eigenvalue weighted by Crippen LogP contribution is -2.47. The Morgan fingerprint density at radius 1 is 1.10 bits per heavy atom. The quantitative estimate of drug-likeness (QED) is 0.857. The van der Waals surface area contributed by atoms with Gasteiger partial charge in [-0.15, -0.1) is 0 Å². The van der Waals surface area contributed by atoms with Gasteiger partial charge in [-0.25, -0.2) is 0 Å². The molecule has 0 aromatic rings. The third-order valence-corrected chi connectivity index (χ3v) is 5.07. The summed E-state index contributed by atoms with van der Waals surface area (Å²) in [5, 5.41) is 3.54. The van der Waals surface area contributed by atoms with Crippen LogP contribution in [0.5, 0.6) is 0 Å². The van der Waals surface area contributed by atoms with Gasteiger partial charge in [0.2, 0.25) is 5.91 Å². The van der Waals surface area contributed by atoms with Crippen LogP contribution in [0.2, 0.25) is 0 Å². The zero-order valence-corrected chi connectivity index (χ0v) is 12.9. The second-order valence-corrected chi connectivity index (χ2v) is 6.53. The Balaban J connectivity index is 1.34. The van der Waals surface area contributed by atoms with Gasteiger partial charge in [0, 0.05) is 44.9 Å². The van der Waals surface area contributed by atoms with Crippen molar-refractivity contribution in [3.63, 3.8) is 0 Å². The fourth-order valence-electron chi connectivity index (χ4n) is 3.73. The van der Waals surface area contributed by atoms with Crippen molar-refractivity contribution in [2.24, 2.45) is 0 Å². The minimum absolute atomic E-state index is 0.270. The molecule has 0 aromatic heterocycles. The molecule has 1 N–H and O–H groups in total. The third kappa shape index (κ3) is 3.96. The highest BCUT2D eigenvalue weighted by atomic mass is 16.7. The van der Waals surface area contributed by atoms with Crippen molar-refractivity contribution in [3.8, 4) is 0 Å². The van der Waals surface area contributed by atoms with Crippen molar-refractivity contribution in [1.29, 1.82) is 0 Å². The SMILES string of the molecule is O=C(CCNC1CCCCC1)N1CCC2(CC1)OCCO2. The number of carbonyl (C=O) groups excluding carboxylic acids is 1. The van der Waals surface area contributed by atoms with Gasteiger partial charge >= 0.3 is 0 Å². The van der Waals surface area contributed by atoms with Crippen LogP contribution in [0.3, 0.4) is 0 Å². The van der Waals surface area contributed by atoms with Gasteiger partial charge in [-0.3, -0.25) is 4.79 Å². The van der Waals surface area contributed by atoms with E-state index in [1.807, 2.05) is 4.90 Å². The Kier molecular flexibility index (Phi) is 5.14. The molecule has 0 aromatic carbocycles. The Bertz CT molecular complexity index is 339. The van der Waals surface area contributed by atoms with Crippen molar-refractivity contribution < 1.29 is 14.3 Å². The average Bonchev–Trinajstić information content (AvgIpc) is 2.97. The molecule has 5 heteroatoms. The van der Waals surface area contributed by atoms with Crippen molar-refractivity contribution >= 4 is 5.91 Å². The molecule has 1 spiro atoms. The summed E-state index contributed by atoms with van der Waals surface area (Å²) in [7, 11) is 0. The lowest BCUT2D eigenvalue weighted by molar-refractivity contribution is -0.187. The molecule has 120 valence electrons. The summed E-state index contributed by atoms with van der Waals surface area (Å²) in [5.41, 5.74) is 0. The monoisotopic (exact) mass is 296 g/mol. The van der Waals surface area contributed by atoms with Gasteiger partial charge in [-0.05, 0) is 12.8 Å². The summed E-state index contributed by atoms with van der Waals surface area (Å²) in [5.74, 6) is -0.108. The predicted molar refractivity (Wildman–Crippen MR) is 79.9 cm³/mol. The van der Waals surface area contributed by atoms with Crippen molar-refractivity contribution in [2.75, 3.05) is 32.8 Å². The van der Waals surface area contributed by atoms with E-state index in [1.165, 1.54) is 32.1 Å². The number of carbonyl (C=O) groups is 1. The Hall–Kier alpha value is -0.650. The van der Waals surface area contributed by atoms with Gasteiger partial charge in [-0.1, -0.05) is 19.3 Å². The zero-order valence-electron chi connectivity index (χ0n) is 12.9. The van der Waals surface area contributed by atoms with Crippen LogP contribution in [0.25, 0.3) is 0 Å². The van der Waals surface area contributed by atoms with Gasteiger partial charge in [0.05, 0.1) is 13.2 Å². The molecule has 1 amide bonds. The molecule has 3 rings (SSSR count). The van der Waals surface area contributed by atoms with Crippen LogP contribution in [0.15, 0.2) is 0 Å². The number of rotatable bonds is 4. The van der Waals surface area contributed by atoms with Crippen LogP contribution in [0.1, 0.15) is 51.4 Å². The van der Waals surface area contributed by atoms with Gasteiger partial charge in [-0.2, -0.15) is 0 Å². The van der Waals surface area contributed by atoms with Crippen LogP contribution < -0.4 is 5.32 Å². The maximum atomic E-state index is 12.2. The van der Waals surface area contributed by atoms with Gasteiger partial charge in [0.25, 0.3) is 0 Å². The van der Waals surface area contributed by atoms with Crippen LogP contribution in [-0.2, 0) is 14.3 Å². The second kappa shape index (κ2) is 7.07. The minimum Gasteiger partial charge on any atom is -0.347 e. The first kappa shape index (κ1) is 15.3. The van der Waals surface area contributed by atoms with Crippen LogP contribution >= 0.6 is 0 Å². The number of nitrogens with one attached hydrogen (secondary N) is 1. The molecule has 3 fully saturated rings. The normalized spacial score (nSPS) is 26.4. The summed E-state index contributed by atoms with van der Waals surface area (Å²) >= 11 is 0. The number of piperidine rings is 1. The van der Waals surface area contributed by atoms with Crippen molar-refractivity contribution in [2.45, 2.75) is 63.2 Å². The largest absolute Gasteiger partial charge is 0.347 e. The third-order valence-electron chi connectivity index (χ3n) is 5.07. The lowest BCUT2D eigenvalue weighted by atomic mass is 9.95. The van der Waals surface area contributed by atoms with E-state index in [0.29, 0.717) is 25.7 Å². The molecule has 2 saturated heterocycles. The van der Waals surface area contributed by atoms with E-state index in [0.717, 1.165) is 32.5 Å². The summed E-state index contributed by atoms with van der Waals surface area (Å²) in [6.45, 7) is 3.74. The Morgan fingerprint density at radius 2 is 1.76 bits per heavy atom. The highest BCUT2D eigenvalue weighted by Gasteiger charge is 2.40. The standard InChI is InChI=1S/C16H28N2O3/c19-15(6-9-17-14-4-2-1-3-5-14)18-10-7-16(8-11-18)20-12-13-21-16/h14,17H,1-13H2. The first-order chi connectivity index (χ1) is 10.3. The number of likely N-dealkylation sites (tertiary alicyclic amines) is 1.